The minimum Gasteiger partial charge on any atom is -0.497 e. The van der Waals surface area contributed by atoms with Gasteiger partial charge in [0.05, 0.1) is 23.9 Å². The summed E-state index contributed by atoms with van der Waals surface area (Å²) in [6, 6.07) is 24.5. The molecule has 3 aromatic rings. The number of amides is 1. The lowest BCUT2D eigenvalue weighted by atomic mass is 9.98. The number of carbonyl (C=O) groups is 1. The molecule has 5 nitrogen and oxygen atoms in total. The number of nitrogens with zero attached hydrogens (tertiary/aromatic N) is 2. The molecule has 0 fully saturated rings. The van der Waals surface area contributed by atoms with Crippen LogP contribution in [0.1, 0.15) is 23.6 Å². The van der Waals surface area contributed by atoms with Crippen LogP contribution in [-0.4, -0.2) is 30.3 Å². The zero-order valence-corrected chi connectivity index (χ0v) is 17.3. The van der Waals surface area contributed by atoms with Crippen molar-refractivity contribution in [2.75, 3.05) is 13.7 Å². The van der Waals surface area contributed by atoms with Gasteiger partial charge < -0.3 is 9.47 Å². The molecule has 0 aromatic heterocycles. The number of rotatable bonds is 6. The molecular formula is C24H21ClN2O3. The first-order valence-corrected chi connectivity index (χ1v) is 10.00. The van der Waals surface area contributed by atoms with Crippen LogP contribution in [0, 0.1) is 0 Å². The molecule has 6 heteroatoms. The molecule has 4 rings (SSSR count). The van der Waals surface area contributed by atoms with E-state index < -0.39 is 0 Å². The fraction of sp³-hybridized carbons (Fsp3) is 0.167. The van der Waals surface area contributed by atoms with Gasteiger partial charge in [0.1, 0.15) is 11.5 Å². The monoisotopic (exact) mass is 420 g/mol. The summed E-state index contributed by atoms with van der Waals surface area (Å²) in [5, 5.41) is 6.63. The number of hydrogen-bond acceptors (Lipinski definition) is 4. The van der Waals surface area contributed by atoms with Gasteiger partial charge in [-0.25, -0.2) is 5.01 Å². The Labute approximate surface area is 180 Å². The summed E-state index contributed by atoms with van der Waals surface area (Å²) >= 11 is 6.13. The second-order valence-corrected chi connectivity index (χ2v) is 7.27. The average Bonchev–Trinajstić information content (AvgIpc) is 3.25. The maximum Gasteiger partial charge on any atom is 0.281 e. The minimum absolute atomic E-state index is 0.151. The summed E-state index contributed by atoms with van der Waals surface area (Å²) in [5.41, 5.74) is 2.84. The minimum atomic E-state index is -0.235. The summed E-state index contributed by atoms with van der Waals surface area (Å²) in [5.74, 6) is 1.00. The zero-order valence-electron chi connectivity index (χ0n) is 16.5. The van der Waals surface area contributed by atoms with Gasteiger partial charge in [0, 0.05) is 6.42 Å². The second kappa shape index (κ2) is 9.01. The van der Waals surface area contributed by atoms with Gasteiger partial charge in [-0.1, -0.05) is 66.2 Å². The predicted octanol–water partition coefficient (Wildman–Crippen LogP) is 5.11. The summed E-state index contributed by atoms with van der Waals surface area (Å²) in [6.45, 7) is -0.151. The van der Waals surface area contributed by atoms with Gasteiger partial charge in [0.2, 0.25) is 0 Å². The Hall–Kier alpha value is -3.31. The van der Waals surface area contributed by atoms with Crippen molar-refractivity contribution in [3.8, 4) is 11.5 Å². The summed E-state index contributed by atoms with van der Waals surface area (Å²) in [7, 11) is 1.63. The molecule has 1 aliphatic rings. The SMILES string of the molecule is COc1ccc([C@H]2CC(c3ccccc3)=NN2C(=O)COc2ccccc2Cl)cc1. The number of methoxy groups -OCH3 is 1. The van der Waals surface area contributed by atoms with Gasteiger partial charge in [0.25, 0.3) is 5.91 Å². The topological polar surface area (TPSA) is 51.1 Å². The highest BCUT2D eigenvalue weighted by Gasteiger charge is 2.33. The van der Waals surface area contributed by atoms with Crippen molar-refractivity contribution in [3.05, 3.63) is 95.0 Å². The Morgan fingerprint density at radius 2 is 1.73 bits per heavy atom. The van der Waals surface area contributed by atoms with Crippen molar-refractivity contribution < 1.29 is 14.3 Å². The molecular weight excluding hydrogens is 400 g/mol. The molecule has 0 bridgehead atoms. The van der Waals surface area contributed by atoms with E-state index in [2.05, 4.69) is 5.10 Å². The third kappa shape index (κ3) is 4.31. The number of hydrogen-bond donors (Lipinski definition) is 0. The number of halogens is 1. The van der Waals surface area contributed by atoms with E-state index in [1.165, 1.54) is 5.01 Å². The van der Waals surface area contributed by atoms with Gasteiger partial charge in [0.15, 0.2) is 6.61 Å². The average molecular weight is 421 g/mol. The van der Waals surface area contributed by atoms with Crippen LogP contribution in [0.4, 0.5) is 0 Å². The lowest BCUT2D eigenvalue weighted by Crippen LogP contribution is -2.31. The van der Waals surface area contributed by atoms with Crippen LogP contribution in [0.15, 0.2) is 84.0 Å². The number of carbonyl (C=O) groups excluding carboxylic acids is 1. The van der Waals surface area contributed by atoms with Crippen LogP contribution in [0.2, 0.25) is 5.02 Å². The van der Waals surface area contributed by atoms with Crippen molar-refractivity contribution in [1.82, 2.24) is 5.01 Å². The number of benzene rings is 3. The van der Waals surface area contributed by atoms with Gasteiger partial charge in [-0.05, 0) is 35.4 Å². The molecule has 0 N–H and O–H groups in total. The summed E-state index contributed by atoms with van der Waals surface area (Å²) in [4.78, 5) is 13.0. The molecule has 1 aliphatic heterocycles. The molecule has 0 unspecified atom stereocenters. The number of para-hydroxylation sites is 1. The molecule has 0 spiro atoms. The highest BCUT2D eigenvalue weighted by Crippen LogP contribution is 2.34. The van der Waals surface area contributed by atoms with E-state index >= 15 is 0 Å². The Bertz CT molecular complexity index is 1050. The van der Waals surface area contributed by atoms with E-state index in [0.717, 1.165) is 22.6 Å². The lowest BCUT2D eigenvalue weighted by Gasteiger charge is -2.22. The quantitative estimate of drug-likeness (QED) is 0.557. The molecule has 0 saturated carbocycles. The largest absolute Gasteiger partial charge is 0.497 e. The van der Waals surface area contributed by atoms with E-state index in [4.69, 9.17) is 21.1 Å². The first-order valence-electron chi connectivity index (χ1n) is 9.62. The number of hydrazone groups is 1. The maximum absolute atomic E-state index is 13.0. The molecule has 152 valence electrons. The van der Waals surface area contributed by atoms with Gasteiger partial charge in [-0.3, -0.25) is 4.79 Å². The van der Waals surface area contributed by atoms with Crippen molar-refractivity contribution in [3.63, 3.8) is 0 Å². The zero-order chi connectivity index (χ0) is 20.9. The standard InChI is InChI=1S/C24H21ClN2O3/c1-29-19-13-11-18(12-14-19)22-15-21(17-7-3-2-4-8-17)26-27(22)24(28)16-30-23-10-6-5-9-20(23)25/h2-14,22H,15-16H2,1H3/t22-/m1/s1. The fourth-order valence-corrected chi connectivity index (χ4v) is 3.59. The lowest BCUT2D eigenvalue weighted by molar-refractivity contribution is -0.135. The highest BCUT2D eigenvalue weighted by atomic mass is 35.5. The van der Waals surface area contributed by atoms with Crippen LogP contribution < -0.4 is 9.47 Å². The van der Waals surface area contributed by atoms with E-state index in [1.54, 1.807) is 19.2 Å². The van der Waals surface area contributed by atoms with Gasteiger partial charge in [-0.15, -0.1) is 0 Å². The molecule has 0 saturated heterocycles. The normalized spacial score (nSPS) is 15.6. The van der Waals surface area contributed by atoms with Crippen molar-refractivity contribution in [1.29, 1.82) is 0 Å². The fourth-order valence-electron chi connectivity index (χ4n) is 3.40. The molecule has 1 amide bonds. The molecule has 1 atom stereocenters. The summed E-state index contributed by atoms with van der Waals surface area (Å²) in [6.07, 6.45) is 0.619. The van der Waals surface area contributed by atoms with Crippen LogP contribution in [0.3, 0.4) is 0 Å². The predicted molar refractivity (Wildman–Crippen MR) is 117 cm³/mol. The van der Waals surface area contributed by atoms with E-state index in [0.29, 0.717) is 17.2 Å². The molecule has 30 heavy (non-hydrogen) atoms. The third-order valence-electron chi connectivity index (χ3n) is 4.96. The Morgan fingerprint density at radius 3 is 2.43 bits per heavy atom. The van der Waals surface area contributed by atoms with Crippen LogP contribution in [0.5, 0.6) is 11.5 Å². The van der Waals surface area contributed by atoms with E-state index in [9.17, 15) is 4.79 Å². The third-order valence-corrected chi connectivity index (χ3v) is 5.27. The van der Waals surface area contributed by atoms with Gasteiger partial charge in [-0.2, -0.15) is 5.10 Å². The molecule has 0 radical (unpaired) electrons. The first kappa shape index (κ1) is 20.0. The Morgan fingerprint density at radius 1 is 1.03 bits per heavy atom. The van der Waals surface area contributed by atoms with Crippen LogP contribution in [-0.2, 0) is 4.79 Å². The smallest absolute Gasteiger partial charge is 0.281 e. The van der Waals surface area contributed by atoms with Crippen LogP contribution in [0.25, 0.3) is 0 Å². The van der Waals surface area contributed by atoms with Crippen LogP contribution >= 0.6 is 11.6 Å². The van der Waals surface area contributed by atoms with E-state index in [-0.39, 0.29) is 18.6 Å². The van der Waals surface area contributed by atoms with Gasteiger partial charge >= 0.3 is 0 Å². The molecule has 0 aliphatic carbocycles. The number of ether oxygens (including phenoxy) is 2. The highest BCUT2D eigenvalue weighted by molar-refractivity contribution is 6.32. The summed E-state index contributed by atoms with van der Waals surface area (Å²) < 4.78 is 10.9. The van der Waals surface area contributed by atoms with Crippen molar-refractivity contribution >= 4 is 23.2 Å². The Kier molecular flexibility index (Phi) is 6.00. The van der Waals surface area contributed by atoms with Crippen molar-refractivity contribution in [2.24, 2.45) is 5.10 Å². The second-order valence-electron chi connectivity index (χ2n) is 6.86. The molecule has 3 aromatic carbocycles. The molecule has 1 heterocycles. The first-order chi connectivity index (χ1) is 14.7. The van der Waals surface area contributed by atoms with Crippen molar-refractivity contribution in [2.45, 2.75) is 12.5 Å². The van der Waals surface area contributed by atoms with E-state index in [1.807, 2.05) is 66.7 Å². The maximum atomic E-state index is 13.0. The Balaban J connectivity index is 1.58.